The standard InChI is InChI=1S/C38H49F3N4O2Si2/c1-36(2,3)48(9,10)46-26-24-45(25-27-47-49(11,12)37(4,5)6)32-22-16-29(17-23-32)14-13-15-33(43-7)35(34(28-42)44-8)30-18-20-31(21-19-30)38(39,40)41/h13-23H,24-27H2,1-6,9-12H3/b14-13+,33-15-,35-34-. The predicted molar refractivity (Wildman–Crippen MR) is 199 cm³/mol. The van der Waals surface area contributed by atoms with Gasteiger partial charge in [-0.15, -0.1) is 0 Å². The van der Waals surface area contributed by atoms with Gasteiger partial charge in [0.15, 0.2) is 22.3 Å². The van der Waals surface area contributed by atoms with Gasteiger partial charge < -0.3 is 13.8 Å². The van der Waals surface area contributed by atoms with E-state index >= 15 is 0 Å². The quantitative estimate of drug-likeness (QED) is 0.0900. The van der Waals surface area contributed by atoms with Gasteiger partial charge in [-0.05, 0) is 71.7 Å². The molecule has 0 aliphatic rings. The molecule has 0 bridgehead atoms. The molecule has 0 spiro atoms. The highest BCUT2D eigenvalue weighted by Crippen LogP contribution is 2.38. The Morgan fingerprint density at radius 3 is 1.69 bits per heavy atom. The first-order valence-corrected chi connectivity index (χ1v) is 22.0. The van der Waals surface area contributed by atoms with Crippen molar-refractivity contribution in [1.29, 1.82) is 5.26 Å². The molecule has 0 heterocycles. The molecular formula is C38H49F3N4O2Si2. The fourth-order valence-corrected chi connectivity index (χ4v) is 6.29. The van der Waals surface area contributed by atoms with Gasteiger partial charge in [-0.2, -0.15) is 13.2 Å². The lowest BCUT2D eigenvalue weighted by molar-refractivity contribution is -0.137. The van der Waals surface area contributed by atoms with Gasteiger partial charge in [-0.1, -0.05) is 84.0 Å². The maximum atomic E-state index is 13.1. The molecule has 0 amide bonds. The first-order valence-electron chi connectivity index (χ1n) is 16.2. The summed E-state index contributed by atoms with van der Waals surface area (Å²) in [7, 11) is -3.83. The number of hydrogen-bond donors (Lipinski definition) is 0. The monoisotopic (exact) mass is 706 g/mol. The van der Waals surface area contributed by atoms with Crippen molar-refractivity contribution in [2.24, 2.45) is 0 Å². The van der Waals surface area contributed by atoms with Crippen molar-refractivity contribution in [3.05, 3.63) is 112 Å². The summed E-state index contributed by atoms with van der Waals surface area (Å²) < 4.78 is 52.3. The van der Waals surface area contributed by atoms with Crippen LogP contribution in [0.2, 0.25) is 36.3 Å². The minimum absolute atomic E-state index is 0.0169. The topological polar surface area (TPSA) is 54.2 Å². The molecule has 0 aliphatic heterocycles. The van der Waals surface area contributed by atoms with Crippen LogP contribution in [0.15, 0.2) is 72.1 Å². The van der Waals surface area contributed by atoms with Crippen LogP contribution in [0.5, 0.6) is 0 Å². The Morgan fingerprint density at radius 1 is 0.816 bits per heavy atom. The fraction of sp³-hybridized carbons (Fsp3) is 0.447. The van der Waals surface area contributed by atoms with E-state index in [0.29, 0.717) is 26.3 Å². The number of nitriles is 1. The molecule has 0 aromatic heterocycles. The van der Waals surface area contributed by atoms with Crippen LogP contribution in [0, 0.1) is 24.5 Å². The first kappa shape index (κ1) is 41.2. The maximum Gasteiger partial charge on any atom is 0.416 e. The van der Waals surface area contributed by atoms with Crippen LogP contribution in [-0.4, -0.2) is 42.9 Å². The van der Waals surface area contributed by atoms with E-state index in [1.165, 1.54) is 18.2 Å². The van der Waals surface area contributed by atoms with Crippen LogP contribution < -0.4 is 4.90 Å². The second kappa shape index (κ2) is 16.7. The van der Waals surface area contributed by atoms with Crippen LogP contribution in [-0.2, 0) is 15.0 Å². The van der Waals surface area contributed by atoms with E-state index in [0.717, 1.165) is 23.4 Å². The molecule has 0 saturated carbocycles. The van der Waals surface area contributed by atoms with E-state index in [4.69, 9.17) is 22.0 Å². The largest absolute Gasteiger partial charge is 0.416 e. The number of nitrogens with zero attached hydrogens (tertiary/aromatic N) is 4. The van der Waals surface area contributed by atoms with Crippen LogP contribution in [0.25, 0.3) is 21.3 Å². The Kier molecular flexibility index (Phi) is 14.0. The molecule has 6 nitrogen and oxygen atoms in total. The average Bonchev–Trinajstić information content (AvgIpc) is 3.00. The van der Waals surface area contributed by atoms with E-state index in [-0.39, 0.29) is 32.6 Å². The zero-order valence-corrected chi connectivity index (χ0v) is 32.4. The molecule has 0 fully saturated rings. The molecular weight excluding hydrogens is 658 g/mol. The minimum Gasteiger partial charge on any atom is -0.415 e. The van der Waals surface area contributed by atoms with Crippen molar-refractivity contribution < 1.29 is 22.0 Å². The van der Waals surface area contributed by atoms with Crippen molar-refractivity contribution in [3.63, 3.8) is 0 Å². The zero-order chi connectivity index (χ0) is 37.3. The zero-order valence-electron chi connectivity index (χ0n) is 30.4. The summed E-state index contributed by atoms with van der Waals surface area (Å²) in [6.45, 7) is 40.1. The van der Waals surface area contributed by atoms with Crippen molar-refractivity contribution in [2.45, 2.75) is 84.0 Å². The van der Waals surface area contributed by atoms with Gasteiger partial charge in [0.05, 0.1) is 38.0 Å². The van der Waals surface area contributed by atoms with Gasteiger partial charge in [0, 0.05) is 24.4 Å². The molecule has 11 heteroatoms. The summed E-state index contributed by atoms with van der Waals surface area (Å²) in [5, 5.41) is 9.77. The van der Waals surface area contributed by atoms with Crippen LogP contribution in [0.4, 0.5) is 18.9 Å². The fourth-order valence-electron chi connectivity index (χ4n) is 4.22. The Morgan fingerprint density at radius 2 is 1.31 bits per heavy atom. The van der Waals surface area contributed by atoms with Gasteiger partial charge in [0.2, 0.25) is 0 Å². The molecule has 0 aliphatic carbocycles. The summed E-state index contributed by atoms with van der Waals surface area (Å²) in [5.41, 5.74) is 0.760. The number of hydrogen-bond acceptors (Lipinski definition) is 4. The predicted octanol–water partition coefficient (Wildman–Crippen LogP) is 11.2. The Hall–Kier alpha value is -3.93. The third-order valence-electron chi connectivity index (χ3n) is 9.39. The SMILES string of the molecule is [C-]#[N+]C(=C\C=C\c1ccc(N(CCO[Si](C)(C)C(C)(C)C)CCO[Si](C)(C)C(C)(C)C)cc1)/C(=C(/C#N)[N+]#[C-])c1ccc(C(F)(F)F)cc1. The maximum absolute atomic E-state index is 13.1. The van der Waals surface area contributed by atoms with Crippen LogP contribution >= 0.6 is 0 Å². The van der Waals surface area contributed by atoms with Gasteiger partial charge in [0.1, 0.15) is 0 Å². The number of anilines is 1. The van der Waals surface area contributed by atoms with Crippen molar-refractivity contribution in [2.75, 3.05) is 31.2 Å². The van der Waals surface area contributed by atoms with E-state index in [2.05, 4.69) is 82.3 Å². The highest BCUT2D eigenvalue weighted by atomic mass is 28.4. The molecule has 2 aromatic rings. The van der Waals surface area contributed by atoms with Gasteiger partial charge in [-0.3, -0.25) is 0 Å². The number of halogens is 3. The normalized spacial score (nSPS) is 13.8. The summed E-state index contributed by atoms with van der Waals surface area (Å²) in [4.78, 5) is 9.01. The van der Waals surface area contributed by atoms with Crippen molar-refractivity contribution >= 4 is 34.0 Å². The van der Waals surface area contributed by atoms with Gasteiger partial charge in [-0.25, -0.2) is 15.0 Å². The molecule has 262 valence electrons. The van der Waals surface area contributed by atoms with E-state index in [1.807, 2.05) is 24.3 Å². The lowest BCUT2D eigenvalue weighted by Gasteiger charge is -2.38. The molecule has 0 atom stereocenters. The van der Waals surface area contributed by atoms with Crippen LogP contribution in [0.3, 0.4) is 0 Å². The average molecular weight is 707 g/mol. The third kappa shape index (κ3) is 11.6. The molecule has 0 radical (unpaired) electrons. The molecule has 0 unspecified atom stereocenters. The molecule has 2 aromatic carbocycles. The molecule has 0 saturated heterocycles. The highest BCUT2D eigenvalue weighted by molar-refractivity contribution is 6.74. The Labute approximate surface area is 293 Å². The highest BCUT2D eigenvalue weighted by Gasteiger charge is 2.38. The number of rotatable bonds is 13. The van der Waals surface area contributed by atoms with E-state index in [1.54, 1.807) is 18.2 Å². The Bertz CT molecular complexity index is 1590. The molecule has 49 heavy (non-hydrogen) atoms. The first-order chi connectivity index (χ1) is 22.6. The summed E-state index contributed by atoms with van der Waals surface area (Å²) >= 11 is 0. The van der Waals surface area contributed by atoms with Gasteiger partial charge in [0.25, 0.3) is 5.70 Å². The lowest BCUT2D eigenvalue weighted by Crippen LogP contribution is -2.44. The Balaban J connectivity index is 2.34. The smallest absolute Gasteiger partial charge is 0.415 e. The number of allylic oxidation sites excluding steroid dienone is 4. The van der Waals surface area contributed by atoms with Crippen molar-refractivity contribution in [3.8, 4) is 6.07 Å². The lowest BCUT2D eigenvalue weighted by atomic mass is 9.99. The number of alkyl halides is 3. The van der Waals surface area contributed by atoms with Crippen LogP contribution in [0.1, 0.15) is 58.2 Å². The number of benzene rings is 2. The summed E-state index contributed by atoms with van der Waals surface area (Å²) in [6, 6.07) is 13.8. The van der Waals surface area contributed by atoms with E-state index in [9.17, 15) is 18.4 Å². The van der Waals surface area contributed by atoms with Gasteiger partial charge >= 0.3 is 6.18 Å². The second-order valence-electron chi connectivity index (χ2n) is 14.8. The third-order valence-corrected chi connectivity index (χ3v) is 18.5. The summed E-state index contributed by atoms with van der Waals surface area (Å²) in [5.74, 6) is 0. The molecule has 0 N–H and O–H groups in total. The van der Waals surface area contributed by atoms with Crippen molar-refractivity contribution in [1.82, 2.24) is 0 Å². The minimum atomic E-state index is -4.54. The van der Waals surface area contributed by atoms with E-state index < -0.39 is 28.4 Å². The molecule has 2 rings (SSSR count). The second-order valence-corrected chi connectivity index (χ2v) is 24.5. The summed E-state index contributed by atoms with van der Waals surface area (Å²) in [6.07, 6.45) is 0.335.